The van der Waals surface area contributed by atoms with Gasteiger partial charge in [0.15, 0.2) is 5.96 Å². The van der Waals surface area contributed by atoms with E-state index in [-0.39, 0.29) is 24.0 Å². The molecule has 0 amide bonds. The van der Waals surface area contributed by atoms with Crippen molar-refractivity contribution in [1.82, 2.24) is 20.5 Å². The van der Waals surface area contributed by atoms with Crippen molar-refractivity contribution in [2.75, 3.05) is 40.3 Å². The SMILES string of the molecule is CCNC(=NCC1CCCN(C)C1c1ccc(OC)cc1)NCCc1nc(C)c(C)s1.I. The summed E-state index contributed by atoms with van der Waals surface area (Å²) in [7, 11) is 3.94. The van der Waals surface area contributed by atoms with Crippen LogP contribution in [0.25, 0.3) is 0 Å². The summed E-state index contributed by atoms with van der Waals surface area (Å²) >= 11 is 1.79. The monoisotopic (exact) mass is 571 g/mol. The highest BCUT2D eigenvalue weighted by atomic mass is 127. The number of aliphatic imine (C=N–C) groups is 1. The van der Waals surface area contributed by atoms with Gasteiger partial charge < -0.3 is 15.4 Å². The molecular formula is C24H38IN5OS. The average Bonchev–Trinajstić information content (AvgIpc) is 3.09. The van der Waals surface area contributed by atoms with Crippen molar-refractivity contribution in [3.8, 4) is 5.75 Å². The number of guanidine groups is 1. The lowest BCUT2D eigenvalue weighted by molar-refractivity contribution is 0.125. The Morgan fingerprint density at radius 2 is 2.00 bits per heavy atom. The molecule has 1 aromatic heterocycles. The molecular weight excluding hydrogens is 533 g/mol. The van der Waals surface area contributed by atoms with Crippen molar-refractivity contribution in [3.05, 3.63) is 45.4 Å². The number of thiazole rings is 1. The van der Waals surface area contributed by atoms with E-state index >= 15 is 0 Å². The van der Waals surface area contributed by atoms with Gasteiger partial charge in [-0.15, -0.1) is 35.3 Å². The molecule has 2 atom stereocenters. The number of aryl methyl sites for hydroxylation is 2. The molecule has 1 saturated heterocycles. The highest BCUT2D eigenvalue weighted by Crippen LogP contribution is 2.35. The van der Waals surface area contributed by atoms with Gasteiger partial charge in [-0.2, -0.15) is 0 Å². The van der Waals surface area contributed by atoms with Crippen LogP contribution in [-0.4, -0.2) is 56.2 Å². The molecule has 1 aliphatic rings. The Morgan fingerprint density at radius 3 is 2.62 bits per heavy atom. The molecule has 0 radical (unpaired) electrons. The van der Waals surface area contributed by atoms with Crippen LogP contribution in [0.4, 0.5) is 0 Å². The quantitative estimate of drug-likeness (QED) is 0.276. The predicted octanol–water partition coefficient (Wildman–Crippen LogP) is 4.57. The van der Waals surface area contributed by atoms with Crippen molar-refractivity contribution in [3.63, 3.8) is 0 Å². The van der Waals surface area contributed by atoms with Crippen LogP contribution in [0.15, 0.2) is 29.3 Å². The van der Waals surface area contributed by atoms with E-state index in [0.29, 0.717) is 12.0 Å². The zero-order valence-electron chi connectivity index (χ0n) is 20.0. The van der Waals surface area contributed by atoms with E-state index in [1.165, 1.54) is 28.3 Å². The van der Waals surface area contributed by atoms with Gasteiger partial charge in [0.05, 0.1) is 17.8 Å². The number of methoxy groups -OCH3 is 1. The number of hydrogen-bond donors (Lipinski definition) is 2. The summed E-state index contributed by atoms with van der Waals surface area (Å²) in [5.74, 6) is 2.29. The normalized spacial score (nSPS) is 19.3. The fourth-order valence-electron chi connectivity index (χ4n) is 4.26. The molecule has 2 N–H and O–H groups in total. The molecule has 32 heavy (non-hydrogen) atoms. The van der Waals surface area contributed by atoms with Crippen LogP contribution in [-0.2, 0) is 6.42 Å². The fourth-order valence-corrected chi connectivity index (χ4v) is 5.20. The summed E-state index contributed by atoms with van der Waals surface area (Å²) in [5.41, 5.74) is 2.49. The van der Waals surface area contributed by atoms with Crippen molar-refractivity contribution < 1.29 is 4.74 Å². The van der Waals surface area contributed by atoms with Gasteiger partial charge in [-0.1, -0.05) is 12.1 Å². The largest absolute Gasteiger partial charge is 0.497 e. The summed E-state index contributed by atoms with van der Waals surface area (Å²) in [6, 6.07) is 8.90. The molecule has 1 aromatic carbocycles. The first-order valence-electron chi connectivity index (χ1n) is 11.3. The average molecular weight is 572 g/mol. The summed E-state index contributed by atoms with van der Waals surface area (Å²) in [6.07, 6.45) is 3.34. The number of halogens is 1. The molecule has 0 saturated carbocycles. The van der Waals surface area contributed by atoms with E-state index in [1.54, 1.807) is 18.4 Å². The summed E-state index contributed by atoms with van der Waals surface area (Å²) in [4.78, 5) is 13.4. The number of piperidine rings is 1. The fraction of sp³-hybridized carbons (Fsp3) is 0.583. The molecule has 0 aliphatic carbocycles. The van der Waals surface area contributed by atoms with Crippen LogP contribution in [0.1, 0.15) is 46.9 Å². The lowest BCUT2D eigenvalue weighted by Crippen LogP contribution is -2.40. The van der Waals surface area contributed by atoms with Gasteiger partial charge in [-0.25, -0.2) is 4.98 Å². The van der Waals surface area contributed by atoms with E-state index < -0.39 is 0 Å². The van der Waals surface area contributed by atoms with Gasteiger partial charge in [0.25, 0.3) is 0 Å². The van der Waals surface area contributed by atoms with E-state index in [2.05, 4.69) is 72.6 Å². The molecule has 2 unspecified atom stereocenters. The standard InChI is InChI=1S/C24H37N5OS.HI/c1-6-25-24(26-14-13-22-28-17(2)18(3)31-22)27-16-20-8-7-15-29(4)23(20)19-9-11-21(30-5)12-10-19;/h9-12,20,23H,6-8,13-16H2,1-5H3,(H2,25,26,27);1H. The minimum Gasteiger partial charge on any atom is -0.497 e. The van der Waals surface area contributed by atoms with Crippen molar-refractivity contribution >= 4 is 41.3 Å². The van der Waals surface area contributed by atoms with Crippen LogP contribution < -0.4 is 15.4 Å². The predicted molar refractivity (Wildman–Crippen MR) is 146 cm³/mol. The third-order valence-electron chi connectivity index (χ3n) is 6.00. The smallest absolute Gasteiger partial charge is 0.191 e. The van der Waals surface area contributed by atoms with E-state index in [9.17, 15) is 0 Å². The molecule has 0 spiro atoms. The maximum Gasteiger partial charge on any atom is 0.191 e. The minimum absolute atomic E-state index is 0. The lowest BCUT2D eigenvalue weighted by Gasteiger charge is -2.39. The highest BCUT2D eigenvalue weighted by molar-refractivity contribution is 14.0. The van der Waals surface area contributed by atoms with E-state index in [0.717, 1.165) is 50.0 Å². The number of aromatic nitrogens is 1. The van der Waals surface area contributed by atoms with Gasteiger partial charge in [0.1, 0.15) is 5.75 Å². The number of benzene rings is 1. The molecule has 2 heterocycles. The molecule has 3 rings (SSSR count). The van der Waals surface area contributed by atoms with Gasteiger partial charge in [-0.3, -0.25) is 9.89 Å². The Morgan fingerprint density at radius 1 is 1.25 bits per heavy atom. The highest BCUT2D eigenvalue weighted by Gasteiger charge is 2.30. The Labute approximate surface area is 214 Å². The third kappa shape index (κ3) is 7.31. The number of nitrogens with one attached hydrogen (secondary N) is 2. The molecule has 1 aliphatic heterocycles. The first kappa shape index (κ1) is 26.9. The van der Waals surface area contributed by atoms with Gasteiger partial charge in [-0.05, 0) is 70.8 Å². The maximum atomic E-state index is 5.34. The van der Waals surface area contributed by atoms with Crippen LogP contribution >= 0.6 is 35.3 Å². The second kappa shape index (κ2) is 13.3. The summed E-state index contributed by atoms with van der Waals surface area (Å²) in [5, 5.41) is 8.08. The second-order valence-electron chi connectivity index (χ2n) is 8.25. The number of nitrogens with zero attached hydrogens (tertiary/aromatic N) is 3. The summed E-state index contributed by atoms with van der Waals surface area (Å²) < 4.78 is 5.34. The topological polar surface area (TPSA) is 61.8 Å². The zero-order chi connectivity index (χ0) is 22.2. The molecule has 8 heteroatoms. The van der Waals surface area contributed by atoms with Crippen molar-refractivity contribution in [1.29, 1.82) is 0 Å². The number of likely N-dealkylation sites (tertiary alicyclic amines) is 1. The first-order chi connectivity index (χ1) is 15.0. The Kier molecular flexibility index (Phi) is 11.2. The van der Waals surface area contributed by atoms with Gasteiger partial charge in [0.2, 0.25) is 0 Å². The molecule has 2 aromatic rings. The lowest BCUT2D eigenvalue weighted by atomic mass is 9.85. The Bertz CT molecular complexity index is 835. The first-order valence-corrected chi connectivity index (χ1v) is 12.1. The number of hydrogen-bond acceptors (Lipinski definition) is 5. The molecule has 6 nitrogen and oxygen atoms in total. The Balaban J connectivity index is 0.00000363. The van der Waals surface area contributed by atoms with Crippen LogP contribution in [0, 0.1) is 19.8 Å². The van der Waals surface area contributed by atoms with Crippen molar-refractivity contribution in [2.45, 2.75) is 46.1 Å². The van der Waals surface area contributed by atoms with E-state index in [1.807, 2.05) is 0 Å². The maximum absolute atomic E-state index is 5.34. The van der Waals surface area contributed by atoms with Crippen molar-refractivity contribution in [2.24, 2.45) is 10.9 Å². The molecule has 0 bridgehead atoms. The second-order valence-corrected chi connectivity index (χ2v) is 9.53. The molecule has 1 fully saturated rings. The van der Waals surface area contributed by atoms with Gasteiger partial charge in [0, 0.05) is 37.0 Å². The van der Waals surface area contributed by atoms with E-state index in [4.69, 9.17) is 9.73 Å². The van der Waals surface area contributed by atoms with Crippen LogP contribution in [0.3, 0.4) is 0 Å². The minimum atomic E-state index is 0. The zero-order valence-corrected chi connectivity index (χ0v) is 23.1. The Hall–Kier alpha value is -1.39. The third-order valence-corrected chi connectivity index (χ3v) is 7.13. The summed E-state index contributed by atoms with van der Waals surface area (Å²) in [6.45, 7) is 9.95. The van der Waals surface area contributed by atoms with Gasteiger partial charge >= 0.3 is 0 Å². The molecule has 178 valence electrons. The number of ether oxygens (including phenoxy) is 1. The van der Waals surface area contributed by atoms with Crippen LogP contribution in [0.2, 0.25) is 0 Å². The van der Waals surface area contributed by atoms with Crippen LogP contribution in [0.5, 0.6) is 5.75 Å². The number of rotatable bonds is 8.